The van der Waals surface area contributed by atoms with E-state index in [0.29, 0.717) is 15.3 Å². The van der Waals surface area contributed by atoms with Gasteiger partial charge in [-0.15, -0.1) is 11.8 Å². The molecule has 0 spiro atoms. The fourth-order valence-electron chi connectivity index (χ4n) is 2.79. The third-order valence-corrected chi connectivity index (χ3v) is 7.08. The number of carbonyl (C=O) groups excluding carboxylic acids is 2. The maximum Gasteiger partial charge on any atom is 0.373 e. The first-order valence-electron chi connectivity index (χ1n) is 9.28. The van der Waals surface area contributed by atoms with Crippen LogP contribution in [0.15, 0.2) is 47.3 Å². The molecule has 0 radical (unpaired) electrons. The molecule has 0 saturated carbocycles. The first-order chi connectivity index (χ1) is 15.3. The molecular formula is C21H17Cl2N5O2S2. The number of nitrogens with zero attached hydrogens (tertiary/aromatic N) is 5. The van der Waals surface area contributed by atoms with Crippen molar-refractivity contribution < 1.29 is 9.59 Å². The van der Waals surface area contributed by atoms with Crippen LogP contribution in [-0.4, -0.2) is 36.1 Å². The van der Waals surface area contributed by atoms with Crippen molar-refractivity contribution >= 4 is 52.5 Å². The summed E-state index contributed by atoms with van der Waals surface area (Å²) in [7, 11) is 0. The molecule has 0 N–H and O–H groups in total. The average molecular weight is 506 g/mol. The summed E-state index contributed by atoms with van der Waals surface area (Å²) in [5.41, 5.74) is 4.62. The SMILES string of the molecule is Cc1nn(-c2nc(-c3ccc(Cl)c(Cl)c3)c(SC(C)C)s2)cc1-c1cncnc1.O=C=O. The zero-order chi connectivity index (χ0) is 23.3. The number of hydrogen-bond acceptors (Lipinski definition) is 8. The number of aryl methyl sites for hydroxylation is 1. The normalized spacial score (nSPS) is 10.6. The summed E-state index contributed by atoms with van der Waals surface area (Å²) in [5, 5.41) is 6.92. The van der Waals surface area contributed by atoms with E-state index in [-0.39, 0.29) is 6.15 Å². The number of thiazole rings is 1. The summed E-state index contributed by atoms with van der Waals surface area (Å²) >= 11 is 15.7. The Labute approximate surface area is 202 Å². The smallest absolute Gasteiger partial charge is 0.244 e. The van der Waals surface area contributed by atoms with Crippen LogP contribution >= 0.6 is 46.3 Å². The Morgan fingerprint density at radius 1 is 1.09 bits per heavy atom. The molecule has 0 aliphatic heterocycles. The molecule has 3 heterocycles. The Balaban J connectivity index is 0.000000913. The summed E-state index contributed by atoms with van der Waals surface area (Å²) < 4.78 is 2.93. The topological polar surface area (TPSA) is 90.6 Å². The third kappa shape index (κ3) is 5.62. The van der Waals surface area contributed by atoms with Gasteiger partial charge in [0.05, 0.1) is 25.6 Å². The number of rotatable bonds is 5. The Morgan fingerprint density at radius 3 is 2.41 bits per heavy atom. The summed E-state index contributed by atoms with van der Waals surface area (Å²) in [6.07, 6.45) is 7.30. The van der Waals surface area contributed by atoms with Gasteiger partial charge in [-0.3, -0.25) is 0 Å². The predicted molar refractivity (Wildman–Crippen MR) is 126 cm³/mol. The molecule has 0 bridgehead atoms. The van der Waals surface area contributed by atoms with E-state index in [1.165, 1.54) is 6.33 Å². The molecule has 4 aromatic rings. The molecule has 164 valence electrons. The highest BCUT2D eigenvalue weighted by Crippen LogP contribution is 2.41. The molecule has 0 amide bonds. The van der Waals surface area contributed by atoms with Gasteiger partial charge < -0.3 is 0 Å². The highest BCUT2D eigenvalue weighted by atomic mass is 35.5. The second-order valence-electron chi connectivity index (χ2n) is 6.71. The second kappa shape index (κ2) is 10.8. The van der Waals surface area contributed by atoms with Gasteiger partial charge in [0.15, 0.2) is 0 Å². The van der Waals surface area contributed by atoms with Crippen LogP contribution in [0.25, 0.3) is 27.5 Å². The van der Waals surface area contributed by atoms with Crippen molar-refractivity contribution in [2.24, 2.45) is 0 Å². The van der Waals surface area contributed by atoms with E-state index in [2.05, 4.69) is 28.9 Å². The Bertz CT molecular complexity index is 1250. The largest absolute Gasteiger partial charge is 0.373 e. The molecule has 4 rings (SSSR count). The van der Waals surface area contributed by atoms with Gasteiger partial charge in [-0.2, -0.15) is 14.7 Å². The van der Waals surface area contributed by atoms with Crippen LogP contribution in [0.1, 0.15) is 19.5 Å². The van der Waals surface area contributed by atoms with Gasteiger partial charge >= 0.3 is 6.15 Å². The molecule has 32 heavy (non-hydrogen) atoms. The molecule has 7 nitrogen and oxygen atoms in total. The van der Waals surface area contributed by atoms with Crippen molar-refractivity contribution in [3.05, 3.63) is 58.9 Å². The fourth-order valence-corrected chi connectivity index (χ4v) is 5.54. The first-order valence-corrected chi connectivity index (χ1v) is 11.7. The van der Waals surface area contributed by atoms with Gasteiger partial charge in [-0.25, -0.2) is 19.6 Å². The zero-order valence-corrected chi connectivity index (χ0v) is 20.4. The molecule has 0 unspecified atom stereocenters. The highest BCUT2D eigenvalue weighted by Gasteiger charge is 2.19. The van der Waals surface area contributed by atoms with Crippen LogP contribution in [0.3, 0.4) is 0 Å². The van der Waals surface area contributed by atoms with Crippen LogP contribution < -0.4 is 0 Å². The number of halogens is 2. The van der Waals surface area contributed by atoms with Crippen molar-refractivity contribution in [3.63, 3.8) is 0 Å². The highest BCUT2D eigenvalue weighted by molar-refractivity contribution is 8.01. The van der Waals surface area contributed by atoms with E-state index in [4.69, 9.17) is 37.8 Å². The standard InChI is InChI=1S/C20H17Cl2N5S2.CO2/c1-11(2)28-19-18(13-4-5-16(21)17(22)6-13)25-20(29-19)27-9-15(12(3)26-27)14-7-23-10-24-8-14;2-1-3/h4-11H,1-3H3;. The maximum atomic E-state index is 8.12. The maximum absolute atomic E-state index is 8.12. The van der Waals surface area contributed by atoms with Crippen LogP contribution in [0.2, 0.25) is 10.0 Å². The van der Waals surface area contributed by atoms with E-state index < -0.39 is 0 Å². The molecule has 0 atom stereocenters. The zero-order valence-electron chi connectivity index (χ0n) is 17.2. The molecule has 0 saturated heterocycles. The molecule has 0 aliphatic rings. The Morgan fingerprint density at radius 2 is 1.78 bits per heavy atom. The Hall–Kier alpha value is -2.55. The van der Waals surface area contributed by atoms with E-state index in [1.54, 1.807) is 41.6 Å². The lowest BCUT2D eigenvalue weighted by Gasteiger charge is -2.05. The van der Waals surface area contributed by atoms with Crippen molar-refractivity contribution in [3.8, 4) is 27.5 Å². The van der Waals surface area contributed by atoms with E-state index >= 15 is 0 Å². The number of hydrogen-bond donors (Lipinski definition) is 0. The lowest BCUT2D eigenvalue weighted by Crippen LogP contribution is -1.94. The van der Waals surface area contributed by atoms with Gasteiger partial charge in [0.1, 0.15) is 6.33 Å². The quantitative estimate of drug-likeness (QED) is 0.307. The summed E-state index contributed by atoms with van der Waals surface area (Å²) in [4.78, 5) is 29.3. The van der Waals surface area contributed by atoms with Gasteiger partial charge in [-0.05, 0) is 19.1 Å². The monoisotopic (exact) mass is 505 g/mol. The molecule has 0 fully saturated rings. The number of thioether (sulfide) groups is 1. The molecule has 3 aromatic heterocycles. The molecule has 11 heteroatoms. The van der Waals surface area contributed by atoms with Gasteiger partial charge in [0, 0.05) is 40.5 Å². The lowest BCUT2D eigenvalue weighted by molar-refractivity contribution is -0.191. The minimum Gasteiger partial charge on any atom is -0.244 e. The number of aromatic nitrogens is 5. The van der Waals surface area contributed by atoms with Crippen molar-refractivity contribution in [2.45, 2.75) is 30.2 Å². The fraction of sp³-hybridized carbons (Fsp3) is 0.190. The summed E-state index contributed by atoms with van der Waals surface area (Å²) in [6.45, 7) is 6.29. The van der Waals surface area contributed by atoms with Gasteiger partial charge in [0.25, 0.3) is 0 Å². The van der Waals surface area contributed by atoms with E-state index in [0.717, 1.165) is 37.4 Å². The second-order valence-corrected chi connectivity index (χ2v) is 10.3. The molecule has 1 aromatic carbocycles. The van der Waals surface area contributed by atoms with Crippen LogP contribution in [0.4, 0.5) is 0 Å². The van der Waals surface area contributed by atoms with Crippen molar-refractivity contribution in [1.29, 1.82) is 0 Å². The molecule has 0 aliphatic carbocycles. The van der Waals surface area contributed by atoms with Crippen LogP contribution in [0, 0.1) is 6.92 Å². The van der Waals surface area contributed by atoms with Crippen LogP contribution in [0.5, 0.6) is 0 Å². The van der Waals surface area contributed by atoms with Crippen molar-refractivity contribution in [2.75, 3.05) is 0 Å². The predicted octanol–water partition coefficient (Wildman–Crippen LogP) is 5.99. The minimum atomic E-state index is 0.250. The number of benzene rings is 1. The molecular weight excluding hydrogens is 489 g/mol. The minimum absolute atomic E-state index is 0.250. The van der Waals surface area contributed by atoms with Crippen LogP contribution in [-0.2, 0) is 9.59 Å². The summed E-state index contributed by atoms with van der Waals surface area (Å²) in [6, 6.07) is 5.60. The third-order valence-electron chi connectivity index (χ3n) is 4.09. The lowest BCUT2D eigenvalue weighted by atomic mass is 10.1. The van der Waals surface area contributed by atoms with Gasteiger partial charge in [0.2, 0.25) is 5.13 Å². The van der Waals surface area contributed by atoms with E-state index in [1.807, 2.05) is 29.9 Å². The van der Waals surface area contributed by atoms with E-state index in [9.17, 15) is 0 Å². The summed E-state index contributed by atoms with van der Waals surface area (Å²) in [5.74, 6) is 0. The van der Waals surface area contributed by atoms with Crippen molar-refractivity contribution in [1.82, 2.24) is 24.7 Å². The first kappa shape index (κ1) is 24.1. The van der Waals surface area contributed by atoms with Gasteiger partial charge in [-0.1, -0.05) is 54.5 Å². The Kier molecular flexibility index (Phi) is 8.17. The average Bonchev–Trinajstić information content (AvgIpc) is 3.34.